The highest BCUT2D eigenvalue weighted by Crippen LogP contribution is 2.19. The molecule has 5 heteroatoms. The highest BCUT2D eigenvalue weighted by Gasteiger charge is 2.31. The molecule has 1 aromatic rings. The fourth-order valence-corrected chi connectivity index (χ4v) is 1.82. The van der Waals surface area contributed by atoms with Crippen molar-refractivity contribution >= 4 is 17.6 Å². The molecule has 2 rings (SSSR count). The Kier molecular flexibility index (Phi) is 3.01. The number of nitrogens with one attached hydrogen (secondary N) is 1. The topological polar surface area (TPSA) is 72.5 Å². The number of Topliss-reactive ketones (excluding diaryl/α,β-unsaturated/α-hetero) is 1. The van der Waals surface area contributed by atoms with Crippen LogP contribution in [0.5, 0.6) is 0 Å². The van der Waals surface area contributed by atoms with Crippen LogP contribution in [-0.2, 0) is 16.0 Å². The van der Waals surface area contributed by atoms with Crippen molar-refractivity contribution in [2.24, 2.45) is 0 Å². The molecule has 0 atom stereocenters. The first-order chi connectivity index (χ1) is 8.15. The van der Waals surface area contributed by atoms with Gasteiger partial charge in [0.15, 0.2) is 0 Å². The molecule has 0 aliphatic carbocycles. The Morgan fingerprint density at radius 2 is 1.94 bits per heavy atom. The fourth-order valence-electron chi connectivity index (χ4n) is 1.82. The third kappa shape index (κ3) is 1.97. The molecule has 1 heterocycles. The smallest absolute Gasteiger partial charge is 0.299 e. The van der Waals surface area contributed by atoms with Crippen LogP contribution in [0.1, 0.15) is 26.3 Å². The lowest BCUT2D eigenvalue weighted by atomic mass is 9.92. The van der Waals surface area contributed by atoms with E-state index in [2.05, 4.69) is 0 Å². The number of carbonyl (C=O) groups excluding carboxylic acids is 3. The van der Waals surface area contributed by atoms with Crippen molar-refractivity contribution in [1.29, 1.82) is 0 Å². The van der Waals surface area contributed by atoms with E-state index in [0.717, 1.165) is 0 Å². The normalized spacial score (nSPS) is 14.5. The van der Waals surface area contributed by atoms with Gasteiger partial charge in [-0.25, -0.2) is 0 Å². The quantitative estimate of drug-likeness (QED) is 0.603. The Hall–Kier alpha value is -2.01. The molecule has 88 valence electrons. The summed E-state index contributed by atoms with van der Waals surface area (Å²) in [4.78, 5) is 34.6. The summed E-state index contributed by atoms with van der Waals surface area (Å²) >= 11 is 0. The van der Waals surface area contributed by atoms with Crippen LogP contribution < -0.4 is 5.32 Å². The van der Waals surface area contributed by atoms with E-state index < -0.39 is 17.6 Å². The number of hydrogen-bond donors (Lipinski definition) is 1. The standard InChI is InChI=1S/C12H11NO4/c1-17-6-5-7-3-2-4-8-9(7)10(14)12(16)13-11(8)15/h2-4H,5-6H2,1H3,(H,13,15,16). The van der Waals surface area contributed by atoms with Gasteiger partial charge >= 0.3 is 0 Å². The second-order valence-electron chi connectivity index (χ2n) is 3.69. The molecule has 1 aliphatic rings. The predicted molar refractivity (Wildman–Crippen MR) is 58.8 cm³/mol. The molecule has 17 heavy (non-hydrogen) atoms. The minimum atomic E-state index is -0.868. The van der Waals surface area contributed by atoms with Crippen LogP contribution in [-0.4, -0.2) is 31.3 Å². The lowest BCUT2D eigenvalue weighted by Gasteiger charge is -2.17. The summed E-state index contributed by atoms with van der Waals surface area (Å²) in [6.45, 7) is 0.430. The number of ether oxygens (including phenoxy) is 1. The third-order valence-corrected chi connectivity index (χ3v) is 2.63. The molecule has 0 aromatic heterocycles. The number of hydrogen-bond acceptors (Lipinski definition) is 4. The van der Waals surface area contributed by atoms with Crippen molar-refractivity contribution in [3.05, 3.63) is 34.9 Å². The van der Waals surface area contributed by atoms with E-state index in [1.165, 1.54) is 6.07 Å². The van der Waals surface area contributed by atoms with Crippen molar-refractivity contribution in [2.75, 3.05) is 13.7 Å². The van der Waals surface area contributed by atoms with E-state index in [-0.39, 0.29) is 11.1 Å². The minimum Gasteiger partial charge on any atom is -0.384 e. The Labute approximate surface area is 97.8 Å². The third-order valence-electron chi connectivity index (χ3n) is 2.63. The summed E-state index contributed by atoms with van der Waals surface area (Å²) in [7, 11) is 1.55. The molecule has 2 amide bonds. The summed E-state index contributed by atoms with van der Waals surface area (Å²) < 4.78 is 4.93. The largest absolute Gasteiger partial charge is 0.384 e. The Morgan fingerprint density at radius 3 is 2.65 bits per heavy atom. The van der Waals surface area contributed by atoms with Crippen molar-refractivity contribution in [1.82, 2.24) is 5.32 Å². The second kappa shape index (κ2) is 4.47. The van der Waals surface area contributed by atoms with Crippen LogP contribution in [0.4, 0.5) is 0 Å². The molecule has 0 radical (unpaired) electrons. The van der Waals surface area contributed by atoms with Gasteiger partial charge in [0, 0.05) is 12.7 Å². The number of amides is 2. The highest BCUT2D eigenvalue weighted by molar-refractivity contribution is 6.49. The van der Waals surface area contributed by atoms with Crippen molar-refractivity contribution in [3.63, 3.8) is 0 Å². The molecule has 0 unspecified atom stereocenters. The highest BCUT2D eigenvalue weighted by atomic mass is 16.5. The van der Waals surface area contributed by atoms with Crippen LogP contribution >= 0.6 is 0 Å². The number of benzene rings is 1. The zero-order valence-corrected chi connectivity index (χ0v) is 9.28. The van der Waals surface area contributed by atoms with Crippen LogP contribution in [0.3, 0.4) is 0 Å². The van der Waals surface area contributed by atoms with Crippen LogP contribution in [0.2, 0.25) is 0 Å². The first-order valence-corrected chi connectivity index (χ1v) is 5.16. The summed E-state index contributed by atoms with van der Waals surface area (Å²) in [5, 5.41) is 2.01. The monoisotopic (exact) mass is 233 g/mol. The van der Waals surface area contributed by atoms with E-state index in [0.29, 0.717) is 18.6 Å². The van der Waals surface area contributed by atoms with Crippen LogP contribution in [0.15, 0.2) is 18.2 Å². The van der Waals surface area contributed by atoms with E-state index in [9.17, 15) is 14.4 Å². The Balaban J connectivity index is 2.51. The van der Waals surface area contributed by atoms with Gasteiger partial charge in [-0.1, -0.05) is 12.1 Å². The molecule has 0 spiro atoms. The SMILES string of the molecule is COCCc1cccc2c1C(=O)C(=O)NC2=O. The number of ketones is 1. The maximum atomic E-state index is 11.7. The van der Waals surface area contributed by atoms with Gasteiger partial charge in [0.2, 0.25) is 0 Å². The summed E-state index contributed by atoms with van der Waals surface area (Å²) in [5.41, 5.74) is 1.12. The Bertz CT molecular complexity index is 507. The van der Waals surface area contributed by atoms with Crippen molar-refractivity contribution in [3.8, 4) is 0 Å². The van der Waals surface area contributed by atoms with E-state index in [1.807, 2.05) is 5.32 Å². The first kappa shape index (κ1) is 11.5. The van der Waals surface area contributed by atoms with E-state index in [1.54, 1.807) is 19.2 Å². The summed E-state index contributed by atoms with van der Waals surface area (Å²) in [6.07, 6.45) is 0.492. The summed E-state index contributed by atoms with van der Waals surface area (Å²) in [6, 6.07) is 4.94. The number of fused-ring (bicyclic) bond motifs is 1. The molecule has 1 N–H and O–H groups in total. The predicted octanol–water partition coefficient (Wildman–Crippen LogP) is 0.328. The van der Waals surface area contributed by atoms with Gasteiger partial charge in [-0.2, -0.15) is 0 Å². The lowest BCUT2D eigenvalue weighted by molar-refractivity contribution is -0.116. The van der Waals surface area contributed by atoms with Gasteiger partial charge in [0.05, 0.1) is 12.2 Å². The average molecular weight is 233 g/mol. The van der Waals surface area contributed by atoms with Crippen LogP contribution in [0.25, 0.3) is 0 Å². The maximum Gasteiger partial charge on any atom is 0.299 e. The lowest BCUT2D eigenvalue weighted by Crippen LogP contribution is -2.42. The van der Waals surface area contributed by atoms with Gasteiger partial charge in [0.1, 0.15) is 0 Å². The van der Waals surface area contributed by atoms with Crippen LogP contribution in [0, 0.1) is 0 Å². The van der Waals surface area contributed by atoms with E-state index >= 15 is 0 Å². The van der Waals surface area contributed by atoms with Crippen molar-refractivity contribution < 1.29 is 19.1 Å². The number of imide groups is 1. The second-order valence-corrected chi connectivity index (χ2v) is 3.69. The zero-order chi connectivity index (χ0) is 12.4. The average Bonchev–Trinajstić information content (AvgIpc) is 2.33. The van der Waals surface area contributed by atoms with Gasteiger partial charge in [0.25, 0.3) is 17.6 Å². The fraction of sp³-hybridized carbons (Fsp3) is 0.250. The van der Waals surface area contributed by atoms with Gasteiger partial charge in [-0.05, 0) is 18.1 Å². The molecule has 0 saturated heterocycles. The number of rotatable bonds is 3. The molecule has 0 bridgehead atoms. The number of methoxy groups -OCH3 is 1. The molecule has 1 aromatic carbocycles. The Morgan fingerprint density at radius 1 is 1.18 bits per heavy atom. The zero-order valence-electron chi connectivity index (χ0n) is 9.28. The van der Waals surface area contributed by atoms with Gasteiger partial charge < -0.3 is 4.74 Å². The first-order valence-electron chi connectivity index (χ1n) is 5.16. The van der Waals surface area contributed by atoms with Crippen molar-refractivity contribution in [2.45, 2.75) is 6.42 Å². The molecular formula is C12H11NO4. The minimum absolute atomic E-state index is 0.207. The number of carbonyl (C=O) groups is 3. The molecule has 1 aliphatic heterocycles. The molecule has 5 nitrogen and oxygen atoms in total. The molecule has 0 fully saturated rings. The van der Waals surface area contributed by atoms with Gasteiger partial charge in [-0.3, -0.25) is 19.7 Å². The van der Waals surface area contributed by atoms with Gasteiger partial charge in [-0.15, -0.1) is 0 Å². The molecule has 0 saturated carbocycles. The summed E-state index contributed by atoms with van der Waals surface area (Å²) in [5.74, 6) is -2.05. The molecular weight excluding hydrogens is 222 g/mol. The van der Waals surface area contributed by atoms with E-state index in [4.69, 9.17) is 4.74 Å². The maximum absolute atomic E-state index is 11.7.